The molecular formula is C14H8ClIN2O3. The Morgan fingerprint density at radius 1 is 1.24 bits per heavy atom. The molecule has 0 fully saturated rings. The fourth-order valence-corrected chi connectivity index (χ4v) is 3.09. The summed E-state index contributed by atoms with van der Waals surface area (Å²) in [6, 6.07) is 9.83. The average molecular weight is 415 g/mol. The van der Waals surface area contributed by atoms with Crippen molar-refractivity contribution >= 4 is 51.2 Å². The number of halogens is 2. The van der Waals surface area contributed by atoms with Crippen LogP contribution in [0.5, 0.6) is 0 Å². The number of fused-ring (bicyclic) bond motifs is 1. The highest BCUT2D eigenvalue weighted by Gasteiger charge is 2.13. The second-order valence-electron chi connectivity index (χ2n) is 4.40. The molecule has 3 rings (SSSR count). The molecule has 0 aliphatic rings. The van der Waals surface area contributed by atoms with E-state index in [9.17, 15) is 9.59 Å². The highest BCUT2D eigenvalue weighted by atomic mass is 127. The highest BCUT2D eigenvalue weighted by Crippen LogP contribution is 2.25. The number of carbonyl (C=O) groups is 1. The number of hydrogen-bond donors (Lipinski definition) is 2. The first-order valence-corrected chi connectivity index (χ1v) is 7.36. The highest BCUT2D eigenvalue weighted by molar-refractivity contribution is 14.1. The molecule has 2 aromatic carbocycles. The van der Waals surface area contributed by atoms with E-state index in [1.165, 1.54) is 16.7 Å². The SMILES string of the molecule is O=C(O)c1ccc2c(c1)[nH]c(=O)n2-c1ccc(I)cc1Cl. The zero-order chi connectivity index (χ0) is 15.1. The van der Waals surface area contributed by atoms with Gasteiger partial charge in [0.25, 0.3) is 0 Å². The van der Waals surface area contributed by atoms with E-state index in [2.05, 4.69) is 27.6 Å². The van der Waals surface area contributed by atoms with Crippen LogP contribution in [0.1, 0.15) is 10.4 Å². The van der Waals surface area contributed by atoms with E-state index < -0.39 is 5.97 Å². The number of aromatic carboxylic acids is 1. The van der Waals surface area contributed by atoms with Crippen LogP contribution in [0, 0.1) is 3.57 Å². The minimum absolute atomic E-state index is 0.115. The van der Waals surface area contributed by atoms with Crippen LogP contribution in [0.3, 0.4) is 0 Å². The van der Waals surface area contributed by atoms with E-state index in [0.717, 1.165) is 3.57 Å². The maximum atomic E-state index is 12.2. The Labute approximate surface area is 137 Å². The fraction of sp³-hybridized carbons (Fsp3) is 0. The van der Waals surface area contributed by atoms with Crippen molar-refractivity contribution in [1.82, 2.24) is 9.55 Å². The van der Waals surface area contributed by atoms with Gasteiger partial charge in [0.2, 0.25) is 0 Å². The van der Waals surface area contributed by atoms with Gasteiger partial charge in [-0.1, -0.05) is 11.6 Å². The molecule has 7 heteroatoms. The Balaban J connectivity index is 2.30. The van der Waals surface area contributed by atoms with Gasteiger partial charge in [0.1, 0.15) is 0 Å². The Morgan fingerprint density at radius 2 is 2.00 bits per heavy atom. The summed E-state index contributed by atoms with van der Waals surface area (Å²) in [7, 11) is 0. The smallest absolute Gasteiger partial charge is 0.335 e. The predicted molar refractivity (Wildman–Crippen MR) is 88.6 cm³/mol. The molecule has 2 N–H and O–H groups in total. The van der Waals surface area contributed by atoms with Crippen molar-refractivity contribution in [3.05, 3.63) is 61.0 Å². The number of imidazole rings is 1. The summed E-state index contributed by atoms with van der Waals surface area (Å²) in [5.74, 6) is -1.04. The van der Waals surface area contributed by atoms with Gasteiger partial charge in [-0.15, -0.1) is 0 Å². The van der Waals surface area contributed by atoms with Crippen LogP contribution < -0.4 is 5.69 Å². The third kappa shape index (κ3) is 2.44. The molecule has 1 heterocycles. The molecule has 0 aliphatic heterocycles. The number of hydrogen-bond acceptors (Lipinski definition) is 2. The summed E-state index contributed by atoms with van der Waals surface area (Å²) in [6.45, 7) is 0. The van der Waals surface area contributed by atoms with Gasteiger partial charge in [-0.05, 0) is 59.0 Å². The molecule has 0 saturated heterocycles. The number of carboxylic acids is 1. The minimum atomic E-state index is -1.04. The lowest BCUT2D eigenvalue weighted by Crippen LogP contribution is -2.14. The van der Waals surface area contributed by atoms with E-state index >= 15 is 0 Å². The number of aromatic amines is 1. The van der Waals surface area contributed by atoms with Crippen LogP contribution in [-0.2, 0) is 0 Å². The molecule has 1 aromatic heterocycles. The lowest BCUT2D eigenvalue weighted by molar-refractivity contribution is 0.0697. The van der Waals surface area contributed by atoms with Crippen LogP contribution in [0.15, 0.2) is 41.2 Å². The first-order valence-electron chi connectivity index (χ1n) is 5.91. The third-order valence-electron chi connectivity index (χ3n) is 3.08. The predicted octanol–water partition coefficient (Wildman–Crippen LogP) is 3.28. The van der Waals surface area contributed by atoms with Gasteiger partial charge in [0, 0.05) is 3.57 Å². The lowest BCUT2D eigenvalue weighted by Gasteiger charge is -2.06. The zero-order valence-corrected chi connectivity index (χ0v) is 13.3. The number of rotatable bonds is 2. The van der Waals surface area contributed by atoms with E-state index in [1.54, 1.807) is 18.2 Å². The number of nitrogens with one attached hydrogen (secondary N) is 1. The standard InChI is InChI=1S/C14H8ClIN2O3/c15-9-6-8(16)2-4-11(9)18-12-3-1-7(13(19)20)5-10(12)17-14(18)21/h1-6H,(H,17,21)(H,19,20). The monoisotopic (exact) mass is 414 g/mol. The minimum Gasteiger partial charge on any atom is -0.478 e. The molecule has 0 aliphatic carbocycles. The normalized spacial score (nSPS) is 11.0. The Morgan fingerprint density at radius 3 is 2.67 bits per heavy atom. The van der Waals surface area contributed by atoms with Gasteiger partial charge in [-0.3, -0.25) is 4.57 Å². The van der Waals surface area contributed by atoms with Gasteiger partial charge < -0.3 is 10.1 Å². The van der Waals surface area contributed by atoms with Gasteiger partial charge in [-0.2, -0.15) is 0 Å². The maximum absolute atomic E-state index is 12.2. The molecule has 5 nitrogen and oxygen atoms in total. The molecule has 3 aromatic rings. The fourth-order valence-electron chi connectivity index (χ4n) is 2.15. The van der Waals surface area contributed by atoms with Gasteiger partial charge >= 0.3 is 11.7 Å². The van der Waals surface area contributed by atoms with Crippen LogP contribution >= 0.6 is 34.2 Å². The average Bonchev–Trinajstić information content (AvgIpc) is 2.74. The topological polar surface area (TPSA) is 75.1 Å². The van der Waals surface area contributed by atoms with Crippen LogP contribution in [0.2, 0.25) is 5.02 Å². The summed E-state index contributed by atoms with van der Waals surface area (Å²) in [4.78, 5) is 25.8. The third-order valence-corrected chi connectivity index (χ3v) is 4.05. The van der Waals surface area contributed by atoms with Crippen molar-refractivity contribution in [2.75, 3.05) is 0 Å². The Hall–Kier alpha value is -1.80. The van der Waals surface area contributed by atoms with E-state index in [1.807, 2.05) is 6.07 Å². The number of aromatic nitrogens is 2. The Bertz CT molecular complexity index is 930. The first-order chi connectivity index (χ1) is 9.97. The molecule has 21 heavy (non-hydrogen) atoms. The summed E-state index contributed by atoms with van der Waals surface area (Å²) in [5, 5.41) is 9.44. The molecule has 0 unspecified atom stereocenters. The number of carboxylic acid groups (broad SMARTS) is 1. The molecule has 0 amide bonds. The first kappa shape index (κ1) is 14.2. The van der Waals surface area contributed by atoms with Crippen LogP contribution in [0.4, 0.5) is 0 Å². The second-order valence-corrected chi connectivity index (χ2v) is 6.05. The molecule has 0 spiro atoms. The summed E-state index contributed by atoms with van der Waals surface area (Å²) in [6.07, 6.45) is 0. The zero-order valence-electron chi connectivity index (χ0n) is 10.4. The molecule has 106 valence electrons. The van der Waals surface area contributed by atoms with Crippen molar-refractivity contribution in [1.29, 1.82) is 0 Å². The molecule has 0 atom stereocenters. The van der Waals surface area contributed by atoms with E-state index in [0.29, 0.717) is 21.7 Å². The van der Waals surface area contributed by atoms with Crippen molar-refractivity contribution < 1.29 is 9.90 Å². The largest absolute Gasteiger partial charge is 0.478 e. The van der Waals surface area contributed by atoms with Crippen molar-refractivity contribution in [3.8, 4) is 5.69 Å². The van der Waals surface area contributed by atoms with E-state index in [4.69, 9.17) is 16.7 Å². The summed E-state index contributed by atoms with van der Waals surface area (Å²) >= 11 is 8.34. The van der Waals surface area contributed by atoms with Crippen molar-refractivity contribution in [3.63, 3.8) is 0 Å². The number of H-pyrrole nitrogens is 1. The quantitative estimate of drug-likeness (QED) is 0.632. The van der Waals surface area contributed by atoms with Crippen molar-refractivity contribution in [2.24, 2.45) is 0 Å². The molecule has 0 saturated carbocycles. The van der Waals surface area contributed by atoms with Crippen molar-refractivity contribution in [2.45, 2.75) is 0 Å². The van der Waals surface area contributed by atoms with E-state index in [-0.39, 0.29) is 11.3 Å². The van der Waals surface area contributed by atoms with Gasteiger partial charge in [-0.25, -0.2) is 9.59 Å². The summed E-state index contributed by atoms with van der Waals surface area (Å²) < 4.78 is 2.39. The summed E-state index contributed by atoms with van der Waals surface area (Å²) in [5.41, 5.74) is 1.33. The van der Waals surface area contributed by atoms with Crippen LogP contribution in [-0.4, -0.2) is 20.6 Å². The van der Waals surface area contributed by atoms with Crippen LogP contribution in [0.25, 0.3) is 16.7 Å². The number of benzene rings is 2. The molecule has 0 bridgehead atoms. The van der Waals surface area contributed by atoms with Gasteiger partial charge in [0.15, 0.2) is 0 Å². The molecular weight excluding hydrogens is 407 g/mol. The number of nitrogens with zero attached hydrogens (tertiary/aromatic N) is 1. The van der Waals surface area contributed by atoms with Gasteiger partial charge in [0.05, 0.1) is 27.3 Å². The lowest BCUT2D eigenvalue weighted by atomic mass is 10.2. The second kappa shape index (κ2) is 5.19. The maximum Gasteiger partial charge on any atom is 0.335 e. The molecule has 0 radical (unpaired) electrons. The Kier molecular flexibility index (Phi) is 3.50.